The fraction of sp³-hybridized carbons (Fsp3) is 0.273. The van der Waals surface area contributed by atoms with Crippen molar-refractivity contribution in [3.8, 4) is 22.8 Å². The van der Waals surface area contributed by atoms with Crippen molar-refractivity contribution in [2.45, 2.75) is 26.3 Å². The maximum Gasteiger partial charge on any atom is 0.229 e. The summed E-state index contributed by atoms with van der Waals surface area (Å²) >= 11 is 0. The highest BCUT2D eigenvalue weighted by molar-refractivity contribution is 5.69. The molecule has 28 heavy (non-hydrogen) atoms. The summed E-state index contributed by atoms with van der Waals surface area (Å²) in [6.45, 7) is 6.28. The fourth-order valence-electron chi connectivity index (χ4n) is 2.73. The number of nitrogens with zero attached hydrogens (tertiary/aromatic N) is 2. The zero-order chi connectivity index (χ0) is 20.1. The van der Waals surface area contributed by atoms with Crippen LogP contribution in [0.2, 0.25) is 0 Å². The summed E-state index contributed by atoms with van der Waals surface area (Å²) in [7, 11) is 3.24. The fourth-order valence-corrected chi connectivity index (χ4v) is 2.73. The second kappa shape index (κ2) is 8.17. The zero-order valence-corrected chi connectivity index (χ0v) is 16.9. The predicted octanol–water partition coefficient (Wildman–Crippen LogP) is 5.11. The Kier molecular flexibility index (Phi) is 5.68. The van der Waals surface area contributed by atoms with Gasteiger partial charge in [-0.1, -0.05) is 30.3 Å². The molecule has 3 aromatic rings. The molecule has 0 aliphatic rings. The predicted molar refractivity (Wildman–Crippen MR) is 114 cm³/mol. The molecule has 3 rings (SSSR count). The van der Waals surface area contributed by atoms with Crippen molar-refractivity contribution in [3.63, 3.8) is 0 Å². The Balaban J connectivity index is 2.01. The first kappa shape index (κ1) is 19.5. The number of ether oxygens (including phenoxy) is 2. The first-order chi connectivity index (χ1) is 13.4. The van der Waals surface area contributed by atoms with Crippen LogP contribution in [-0.4, -0.2) is 29.7 Å². The van der Waals surface area contributed by atoms with Gasteiger partial charge in [-0.3, -0.25) is 0 Å². The van der Waals surface area contributed by atoms with Crippen LogP contribution in [0.4, 0.5) is 17.5 Å². The lowest BCUT2D eigenvalue weighted by atomic mass is 10.1. The summed E-state index contributed by atoms with van der Waals surface area (Å²) in [5, 5.41) is 6.69. The summed E-state index contributed by atoms with van der Waals surface area (Å²) < 4.78 is 10.7. The maximum absolute atomic E-state index is 5.47. The summed E-state index contributed by atoms with van der Waals surface area (Å²) in [5.41, 5.74) is 2.48. The normalized spacial score (nSPS) is 11.0. The summed E-state index contributed by atoms with van der Waals surface area (Å²) in [4.78, 5) is 9.34. The van der Waals surface area contributed by atoms with E-state index < -0.39 is 0 Å². The lowest BCUT2D eigenvalue weighted by molar-refractivity contribution is 0.395. The van der Waals surface area contributed by atoms with Crippen molar-refractivity contribution in [3.05, 3.63) is 54.6 Å². The molecule has 0 amide bonds. The highest BCUT2D eigenvalue weighted by Crippen LogP contribution is 2.32. The first-order valence-corrected chi connectivity index (χ1v) is 9.10. The third-order valence-electron chi connectivity index (χ3n) is 3.95. The zero-order valence-electron chi connectivity index (χ0n) is 16.9. The summed E-state index contributed by atoms with van der Waals surface area (Å²) in [6.07, 6.45) is 0. The molecule has 0 aliphatic carbocycles. The van der Waals surface area contributed by atoms with E-state index in [9.17, 15) is 0 Å². The maximum atomic E-state index is 5.47. The second-order valence-corrected chi connectivity index (χ2v) is 7.39. The Morgan fingerprint density at radius 2 is 1.61 bits per heavy atom. The topological polar surface area (TPSA) is 68.3 Å². The monoisotopic (exact) mass is 378 g/mol. The van der Waals surface area contributed by atoms with Crippen LogP contribution >= 0.6 is 0 Å². The van der Waals surface area contributed by atoms with Gasteiger partial charge < -0.3 is 20.1 Å². The Hall–Kier alpha value is -3.28. The van der Waals surface area contributed by atoms with Gasteiger partial charge in [0, 0.05) is 23.2 Å². The summed E-state index contributed by atoms with van der Waals surface area (Å²) in [5.74, 6) is 2.60. The van der Waals surface area contributed by atoms with Crippen molar-refractivity contribution in [2.75, 3.05) is 24.9 Å². The average molecular weight is 378 g/mol. The SMILES string of the molecule is COc1ccc(Nc2nc(NC(C)(C)C)cc(-c3ccccc3)n2)c(OC)c1. The Labute approximate surface area is 166 Å². The molecule has 0 radical (unpaired) electrons. The molecule has 1 heterocycles. The van der Waals surface area contributed by atoms with E-state index in [0.29, 0.717) is 11.7 Å². The molecule has 0 aliphatic heterocycles. The van der Waals surface area contributed by atoms with Gasteiger partial charge >= 0.3 is 0 Å². The van der Waals surface area contributed by atoms with Crippen LogP contribution in [0.3, 0.4) is 0 Å². The number of rotatable bonds is 6. The smallest absolute Gasteiger partial charge is 0.229 e. The number of hydrogen-bond acceptors (Lipinski definition) is 6. The van der Waals surface area contributed by atoms with E-state index in [4.69, 9.17) is 14.5 Å². The van der Waals surface area contributed by atoms with Crippen LogP contribution in [0, 0.1) is 0 Å². The largest absolute Gasteiger partial charge is 0.497 e. The van der Waals surface area contributed by atoms with Gasteiger partial charge in [-0.05, 0) is 32.9 Å². The lowest BCUT2D eigenvalue weighted by Crippen LogP contribution is -2.26. The molecule has 1 aromatic heterocycles. The van der Waals surface area contributed by atoms with Gasteiger partial charge in [0.15, 0.2) is 0 Å². The molecule has 2 aromatic carbocycles. The molecule has 0 unspecified atom stereocenters. The van der Waals surface area contributed by atoms with E-state index in [0.717, 1.165) is 28.5 Å². The van der Waals surface area contributed by atoms with E-state index in [1.165, 1.54) is 0 Å². The van der Waals surface area contributed by atoms with E-state index >= 15 is 0 Å². The van der Waals surface area contributed by atoms with Crippen molar-refractivity contribution in [1.29, 1.82) is 0 Å². The molecular formula is C22H26N4O2. The van der Waals surface area contributed by atoms with E-state index in [-0.39, 0.29) is 5.54 Å². The van der Waals surface area contributed by atoms with E-state index in [1.54, 1.807) is 14.2 Å². The first-order valence-electron chi connectivity index (χ1n) is 9.10. The highest BCUT2D eigenvalue weighted by Gasteiger charge is 2.14. The van der Waals surface area contributed by atoms with Gasteiger partial charge in [-0.15, -0.1) is 0 Å². The molecule has 146 valence electrons. The van der Waals surface area contributed by atoms with Crippen molar-refractivity contribution in [1.82, 2.24) is 9.97 Å². The molecule has 2 N–H and O–H groups in total. The van der Waals surface area contributed by atoms with Gasteiger partial charge in [0.1, 0.15) is 17.3 Å². The molecule has 0 spiro atoms. The Morgan fingerprint density at radius 1 is 0.857 bits per heavy atom. The van der Waals surface area contributed by atoms with E-state index in [2.05, 4.69) is 36.4 Å². The Morgan fingerprint density at radius 3 is 2.25 bits per heavy atom. The third-order valence-corrected chi connectivity index (χ3v) is 3.95. The number of nitrogens with one attached hydrogen (secondary N) is 2. The molecule has 0 bridgehead atoms. The van der Waals surface area contributed by atoms with Crippen LogP contribution in [0.25, 0.3) is 11.3 Å². The third kappa shape index (κ3) is 4.91. The van der Waals surface area contributed by atoms with Gasteiger partial charge in [-0.25, -0.2) is 4.98 Å². The second-order valence-electron chi connectivity index (χ2n) is 7.39. The van der Waals surface area contributed by atoms with Gasteiger partial charge in [0.2, 0.25) is 5.95 Å². The molecule has 0 saturated heterocycles. The van der Waals surface area contributed by atoms with E-state index in [1.807, 2.05) is 54.6 Å². The molecule has 0 saturated carbocycles. The van der Waals surface area contributed by atoms with Crippen LogP contribution in [0.5, 0.6) is 11.5 Å². The standard InChI is InChI=1S/C22H26N4O2/c1-22(2,3)26-20-14-18(15-9-7-6-8-10-15)24-21(25-20)23-17-12-11-16(27-4)13-19(17)28-5/h6-14H,1-5H3,(H2,23,24,25,26). The van der Waals surface area contributed by atoms with Gasteiger partial charge in [0.25, 0.3) is 0 Å². The minimum atomic E-state index is -0.128. The van der Waals surface area contributed by atoms with Crippen LogP contribution in [0.15, 0.2) is 54.6 Å². The number of anilines is 3. The molecule has 6 heteroatoms. The number of methoxy groups -OCH3 is 2. The average Bonchev–Trinajstić information content (AvgIpc) is 2.67. The highest BCUT2D eigenvalue weighted by atomic mass is 16.5. The Bertz CT molecular complexity index is 937. The van der Waals surface area contributed by atoms with Crippen molar-refractivity contribution >= 4 is 17.5 Å². The van der Waals surface area contributed by atoms with Crippen LogP contribution in [-0.2, 0) is 0 Å². The molecule has 6 nitrogen and oxygen atoms in total. The van der Waals surface area contributed by atoms with Crippen molar-refractivity contribution < 1.29 is 9.47 Å². The number of aromatic nitrogens is 2. The molecular weight excluding hydrogens is 352 g/mol. The van der Waals surface area contributed by atoms with Crippen molar-refractivity contribution in [2.24, 2.45) is 0 Å². The lowest BCUT2D eigenvalue weighted by Gasteiger charge is -2.22. The summed E-state index contributed by atoms with van der Waals surface area (Å²) in [6, 6.07) is 17.5. The minimum Gasteiger partial charge on any atom is -0.497 e. The van der Waals surface area contributed by atoms with Crippen LogP contribution in [0.1, 0.15) is 20.8 Å². The van der Waals surface area contributed by atoms with Gasteiger partial charge in [0.05, 0.1) is 25.6 Å². The quantitative estimate of drug-likeness (QED) is 0.621. The molecule has 0 atom stereocenters. The van der Waals surface area contributed by atoms with Gasteiger partial charge in [-0.2, -0.15) is 4.98 Å². The van der Waals surface area contributed by atoms with Crippen LogP contribution < -0.4 is 20.1 Å². The number of benzene rings is 2. The number of hydrogen-bond donors (Lipinski definition) is 2. The minimum absolute atomic E-state index is 0.128. The molecule has 0 fully saturated rings.